The Bertz CT molecular complexity index is 1500. The lowest BCUT2D eigenvalue weighted by molar-refractivity contribution is -0.255. The van der Waals surface area contributed by atoms with Gasteiger partial charge in [-0.05, 0) is 40.7 Å². The first-order valence-electron chi connectivity index (χ1n) is 17.1. The van der Waals surface area contributed by atoms with Gasteiger partial charge in [0, 0.05) is 63.8 Å². The van der Waals surface area contributed by atoms with Crippen molar-refractivity contribution in [2.75, 3.05) is 32.8 Å². The van der Waals surface area contributed by atoms with Gasteiger partial charge in [-0.15, -0.1) is 0 Å². The monoisotopic (exact) mass is 658 g/mol. The molecule has 48 heavy (non-hydrogen) atoms. The number of rotatable bonds is 13. The molecule has 0 aliphatic carbocycles. The second-order valence-corrected chi connectivity index (χ2v) is 12.9. The van der Waals surface area contributed by atoms with E-state index in [2.05, 4.69) is 22.3 Å². The van der Waals surface area contributed by atoms with E-state index in [-0.39, 0.29) is 31.1 Å². The SMILES string of the molecule is O=C(O)CCCCC(=O)NCc1ccccc1-c1ccc([C@@H]2O[C@H](CN3CCC4(CC3)OCCO4)C[C@H](c3ccc(CO)cc3)O2)cc1. The van der Waals surface area contributed by atoms with E-state index in [1.165, 1.54) is 0 Å². The molecular formula is C38H46N2O8. The Morgan fingerprint density at radius 2 is 1.54 bits per heavy atom. The van der Waals surface area contributed by atoms with Crippen LogP contribution >= 0.6 is 0 Å². The van der Waals surface area contributed by atoms with E-state index >= 15 is 0 Å². The highest BCUT2D eigenvalue weighted by Crippen LogP contribution is 2.39. The number of aliphatic hydroxyl groups is 1. The van der Waals surface area contributed by atoms with Crippen LogP contribution in [0.3, 0.4) is 0 Å². The summed E-state index contributed by atoms with van der Waals surface area (Å²) in [5, 5.41) is 21.3. The van der Waals surface area contributed by atoms with Gasteiger partial charge in [-0.3, -0.25) is 9.59 Å². The van der Waals surface area contributed by atoms with Crippen molar-refractivity contribution < 1.29 is 38.7 Å². The highest BCUT2D eigenvalue weighted by molar-refractivity contribution is 5.76. The van der Waals surface area contributed by atoms with Crippen LogP contribution in [0.15, 0.2) is 72.8 Å². The Kier molecular flexibility index (Phi) is 11.5. The van der Waals surface area contributed by atoms with Crippen LogP contribution in [0.25, 0.3) is 11.1 Å². The smallest absolute Gasteiger partial charge is 0.303 e. The number of aliphatic hydroxyl groups excluding tert-OH is 1. The number of nitrogens with zero attached hydrogens (tertiary/aromatic N) is 1. The minimum atomic E-state index is -0.841. The fourth-order valence-electron chi connectivity index (χ4n) is 6.80. The topological polar surface area (TPSA) is 127 Å². The molecule has 10 nitrogen and oxygen atoms in total. The Morgan fingerprint density at radius 3 is 2.25 bits per heavy atom. The third-order valence-corrected chi connectivity index (χ3v) is 9.54. The molecule has 3 aromatic carbocycles. The number of carbonyl (C=O) groups excluding carboxylic acids is 1. The minimum Gasteiger partial charge on any atom is -0.481 e. The maximum atomic E-state index is 12.4. The van der Waals surface area contributed by atoms with Crippen molar-refractivity contribution in [3.05, 3.63) is 95.1 Å². The van der Waals surface area contributed by atoms with Crippen LogP contribution in [0.1, 0.15) is 79.6 Å². The van der Waals surface area contributed by atoms with Crippen molar-refractivity contribution in [3.8, 4) is 11.1 Å². The van der Waals surface area contributed by atoms with Gasteiger partial charge in [0.05, 0.1) is 32.0 Å². The Hall–Kier alpha value is -3.64. The number of nitrogens with one attached hydrogen (secondary N) is 1. The Balaban J connectivity index is 1.12. The van der Waals surface area contributed by atoms with Crippen LogP contribution in [0.5, 0.6) is 0 Å². The first-order chi connectivity index (χ1) is 23.4. The fraction of sp³-hybridized carbons (Fsp3) is 0.474. The van der Waals surface area contributed by atoms with Gasteiger partial charge in [0.1, 0.15) is 0 Å². The van der Waals surface area contributed by atoms with Gasteiger partial charge in [0.15, 0.2) is 12.1 Å². The molecule has 6 rings (SSSR count). The molecule has 0 radical (unpaired) electrons. The highest BCUT2D eigenvalue weighted by Gasteiger charge is 2.41. The number of carbonyl (C=O) groups is 2. The molecule has 3 fully saturated rings. The molecule has 3 aliphatic rings. The van der Waals surface area contributed by atoms with E-state index in [1.807, 2.05) is 60.7 Å². The summed E-state index contributed by atoms with van der Waals surface area (Å²) >= 11 is 0. The largest absolute Gasteiger partial charge is 0.481 e. The molecule has 3 atom stereocenters. The van der Waals surface area contributed by atoms with E-state index in [0.717, 1.165) is 72.3 Å². The number of unbranched alkanes of at least 4 members (excludes halogenated alkanes) is 1. The molecule has 3 aliphatic heterocycles. The van der Waals surface area contributed by atoms with Crippen LogP contribution in [0.4, 0.5) is 0 Å². The number of benzene rings is 3. The molecule has 256 valence electrons. The van der Waals surface area contributed by atoms with E-state index in [0.29, 0.717) is 39.0 Å². The van der Waals surface area contributed by atoms with Crippen LogP contribution < -0.4 is 5.32 Å². The number of hydrogen-bond acceptors (Lipinski definition) is 8. The van der Waals surface area contributed by atoms with Gasteiger partial charge in [-0.1, -0.05) is 72.8 Å². The zero-order valence-electron chi connectivity index (χ0n) is 27.4. The predicted octanol–water partition coefficient (Wildman–Crippen LogP) is 5.49. The van der Waals surface area contributed by atoms with Crippen LogP contribution in [0.2, 0.25) is 0 Å². The number of carboxylic acid groups (broad SMARTS) is 1. The normalized spacial score (nSPS) is 22.5. The van der Waals surface area contributed by atoms with Gasteiger partial charge in [0.2, 0.25) is 5.91 Å². The quantitative estimate of drug-likeness (QED) is 0.204. The van der Waals surface area contributed by atoms with Crippen LogP contribution in [-0.2, 0) is 41.7 Å². The fourth-order valence-corrected chi connectivity index (χ4v) is 6.80. The standard InChI is InChI=1S/C38H46N2O8/c41-26-27-9-11-29(12-10-27)34-23-32(25-40-19-17-38(18-20-40)45-21-22-46-38)47-37(48-34)30-15-13-28(14-16-30)33-6-2-1-5-31(33)24-39-35(42)7-3-4-8-36(43)44/h1-2,5-6,9-16,32,34,37,41H,3-4,7-8,17-26H2,(H,39,42)(H,43,44)/t32-,34+,37+/m0/s1. The summed E-state index contributed by atoms with van der Waals surface area (Å²) in [5.41, 5.74) is 5.90. The van der Waals surface area contributed by atoms with E-state index in [9.17, 15) is 14.7 Å². The summed E-state index contributed by atoms with van der Waals surface area (Å²) in [6.07, 6.45) is 3.09. The zero-order chi connectivity index (χ0) is 33.3. The minimum absolute atomic E-state index is 0.000486. The zero-order valence-corrected chi connectivity index (χ0v) is 27.4. The summed E-state index contributed by atoms with van der Waals surface area (Å²) in [6.45, 7) is 4.29. The number of amides is 1. The number of likely N-dealkylation sites (tertiary alicyclic amines) is 1. The highest BCUT2D eigenvalue weighted by atomic mass is 16.7. The molecule has 3 aromatic rings. The summed E-state index contributed by atoms with van der Waals surface area (Å²) in [5.74, 6) is -1.34. The molecule has 1 spiro atoms. The van der Waals surface area contributed by atoms with E-state index in [1.54, 1.807) is 0 Å². The number of ether oxygens (including phenoxy) is 4. The number of aliphatic carboxylic acids is 1. The first-order valence-corrected chi connectivity index (χ1v) is 17.1. The third-order valence-electron chi connectivity index (χ3n) is 9.54. The predicted molar refractivity (Wildman–Crippen MR) is 179 cm³/mol. The average molecular weight is 659 g/mol. The summed E-state index contributed by atoms with van der Waals surface area (Å²) in [7, 11) is 0. The second kappa shape index (κ2) is 16.2. The van der Waals surface area contributed by atoms with Gasteiger partial charge in [0.25, 0.3) is 0 Å². The molecule has 0 unspecified atom stereocenters. The molecule has 0 bridgehead atoms. The van der Waals surface area contributed by atoms with Crippen LogP contribution in [-0.4, -0.2) is 71.7 Å². The summed E-state index contributed by atoms with van der Waals surface area (Å²) in [6, 6.07) is 24.2. The van der Waals surface area contributed by atoms with E-state index < -0.39 is 18.0 Å². The number of carboxylic acids is 1. The van der Waals surface area contributed by atoms with Crippen molar-refractivity contribution >= 4 is 11.9 Å². The summed E-state index contributed by atoms with van der Waals surface area (Å²) < 4.78 is 25.1. The van der Waals surface area contributed by atoms with Crippen molar-refractivity contribution in [2.24, 2.45) is 0 Å². The molecule has 1 amide bonds. The molecule has 10 heteroatoms. The molecule has 3 N–H and O–H groups in total. The lowest BCUT2D eigenvalue weighted by Gasteiger charge is -2.41. The van der Waals surface area contributed by atoms with Crippen molar-refractivity contribution in [2.45, 2.75) is 82.4 Å². The Morgan fingerprint density at radius 1 is 0.854 bits per heavy atom. The number of piperidine rings is 1. The lowest BCUT2D eigenvalue weighted by Crippen LogP contribution is -2.48. The van der Waals surface area contributed by atoms with Gasteiger partial charge in [-0.25, -0.2) is 0 Å². The van der Waals surface area contributed by atoms with Crippen LogP contribution in [0, 0.1) is 0 Å². The van der Waals surface area contributed by atoms with Gasteiger partial charge in [-0.2, -0.15) is 0 Å². The maximum absolute atomic E-state index is 12.4. The molecule has 0 saturated carbocycles. The molecule has 0 aromatic heterocycles. The van der Waals surface area contributed by atoms with Crippen molar-refractivity contribution in [1.82, 2.24) is 10.2 Å². The summed E-state index contributed by atoms with van der Waals surface area (Å²) in [4.78, 5) is 25.5. The van der Waals surface area contributed by atoms with E-state index in [4.69, 9.17) is 24.1 Å². The first kappa shape index (κ1) is 34.2. The molecule has 3 saturated heterocycles. The number of hydrogen-bond donors (Lipinski definition) is 3. The lowest BCUT2D eigenvalue weighted by atomic mass is 9.97. The maximum Gasteiger partial charge on any atom is 0.303 e. The Labute approximate surface area is 282 Å². The average Bonchev–Trinajstić information content (AvgIpc) is 3.58. The van der Waals surface area contributed by atoms with Gasteiger partial charge >= 0.3 is 5.97 Å². The van der Waals surface area contributed by atoms with Gasteiger partial charge < -0.3 is 39.4 Å². The van der Waals surface area contributed by atoms with Crippen molar-refractivity contribution in [1.29, 1.82) is 0 Å². The third kappa shape index (κ3) is 8.87. The second-order valence-electron chi connectivity index (χ2n) is 12.9. The van der Waals surface area contributed by atoms with Crippen molar-refractivity contribution in [3.63, 3.8) is 0 Å². The molecular weight excluding hydrogens is 612 g/mol. The molecule has 3 heterocycles.